The van der Waals surface area contributed by atoms with Gasteiger partial charge in [-0.15, -0.1) is 0 Å². The quantitative estimate of drug-likeness (QED) is 0.216. The molecular formula is C13H17N3O9. The third kappa shape index (κ3) is 5.33. The van der Waals surface area contributed by atoms with Crippen LogP contribution in [-0.4, -0.2) is 61.6 Å². The van der Waals surface area contributed by atoms with Crippen LogP contribution in [0.2, 0.25) is 0 Å². The summed E-state index contributed by atoms with van der Waals surface area (Å²) in [5, 5.41) is 3.30. The zero-order chi connectivity index (χ0) is 19.1. The van der Waals surface area contributed by atoms with Crippen LogP contribution in [0.15, 0.2) is 5.11 Å². The van der Waals surface area contributed by atoms with Crippen LogP contribution in [0.25, 0.3) is 10.4 Å². The van der Waals surface area contributed by atoms with E-state index in [4.69, 9.17) is 24.5 Å². The average Bonchev–Trinajstić information content (AvgIpc) is 2.50. The Bertz CT molecular complexity index is 602. The summed E-state index contributed by atoms with van der Waals surface area (Å²) >= 11 is 0. The molecule has 1 aliphatic rings. The first kappa shape index (κ1) is 20.2. The Morgan fingerprint density at radius 2 is 1.40 bits per heavy atom. The van der Waals surface area contributed by atoms with Gasteiger partial charge in [0.05, 0.1) is 7.11 Å². The first-order chi connectivity index (χ1) is 11.7. The van der Waals surface area contributed by atoms with Gasteiger partial charge in [-0.2, -0.15) is 0 Å². The first-order valence-electron chi connectivity index (χ1n) is 7.00. The minimum absolute atomic E-state index is 0.804. The largest absolute Gasteiger partial charge is 0.467 e. The minimum Gasteiger partial charge on any atom is -0.467 e. The maximum atomic E-state index is 11.9. The standard InChI is InChI=1S/C13H17N3O9/c1-5(17)22-8-9(23-6(2)18)11(13(20)21-4)25-12(15-16-14)10(8)24-7(3)19/h8-12H,1-4H3/t8-,9-,10?,11?,12-/m1/s1. The summed E-state index contributed by atoms with van der Waals surface area (Å²) in [5.41, 5.74) is 8.66. The highest BCUT2D eigenvalue weighted by molar-refractivity contribution is 5.77. The van der Waals surface area contributed by atoms with Crippen molar-refractivity contribution >= 4 is 23.9 Å². The number of hydrogen-bond donors (Lipinski definition) is 0. The highest BCUT2D eigenvalue weighted by Crippen LogP contribution is 2.30. The molecule has 0 bridgehead atoms. The molecule has 0 spiro atoms. The molecule has 0 aromatic rings. The van der Waals surface area contributed by atoms with E-state index in [1.54, 1.807) is 0 Å². The molecule has 12 heteroatoms. The Balaban J connectivity index is 3.38. The van der Waals surface area contributed by atoms with Crippen LogP contribution in [0.4, 0.5) is 0 Å². The summed E-state index contributed by atoms with van der Waals surface area (Å²) in [6.45, 7) is 3.17. The number of carbonyl (C=O) groups is 4. The van der Waals surface area contributed by atoms with E-state index in [0.29, 0.717) is 0 Å². The van der Waals surface area contributed by atoms with Gasteiger partial charge in [0, 0.05) is 25.7 Å². The van der Waals surface area contributed by atoms with Crippen molar-refractivity contribution in [3.63, 3.8) is 0 Å². The molecule has 1 saturated heterocycles. The number of carbonyl (C=O) groups excluding carboxylic acids is 4. The van der Waals surface area contributed by atoms with Crippen molar-refractivity contribution in [1.82, 2.24) is 0 Å². The summed E-state index contributed by atoms with van der Waals surface area (Å²) in [6.07, 6.45) is -7.47. The molecule has 12 nitrogen and oxygen atoms in total. The number of ether oxygens (including phenoxy) is 5. The van der Waals surface area contributed by atoms with Gasteiger partial charge >= 0.3 is 23.9 Å². The van der Waals surface area contributed by atoms with E-state index in [1.807, 2.05) is 0 Å². The Labute approximate surface area is 141 Å². The summed E-state index contributed by atoms with van der Waals surface area (Å²) in [5.74, 6) is -3.40. The van der Waals surface area contributed by atoms with E-state index in [1.165, 1.54) is 0 Å². The van der Waals surface area contributed by atoms with Gasteiger partial charge in [-0.25, -0.2) is 4.79 Å². The molecule has 5 atom stereocenters. The average molecular weight is 359 g/mol. The molecule has 0 N–H and O–H groups in total. The number of hydrogen-bond acceptors (Lipinski definition) is 10. The molecule has 0 aliphatic carbocycles. The smallest absolute Gasteiger partial charge is 0.339 e. The second-order valence-electron chi connectivity index (χ2n) is 4.90. The third-order valence-electron chi connectivity index (χ3n) is 3.02. The highest BCUT2D eigenvalue weighted by atomic mass is 16.7. The van der Waals surface area contributed by atoms with Crippen LogP contribution in [0.5, 0.6) is 0 Å². The molecule has 2 unspecified atom stereocenters. The molecule has 0 saturated carbocycles. The maximum Gasteiger partial charge on any atom is 0.339 e. The van der Waals surface area contributed by atoms with Gasteiger partial charge in [-0.3, -0.25) is 14.4 Å². The highest BCUT2D eigenvalue weighted by Gasteiger charge is 2.54. The van der Waals surface area contributed by atoms with Crippen LogP contribution in [0.3, 0.4) is 0 Å². The Morgan fingerprint density at radius 1 is 0.920 bits per heavy atom. The number of methoxy groups -OCH3 is 1. The van der Waals surface area contributed by atoms with E-state index >= 15 is 0 Å². The fourth-order valence-corrected chi connectivity index (χ4v) is 2.24. The zero-order valence-corrected chi connectivity index (χ0v) is 13.9. The van der Waals surface area contributed by atoms with Gasteiger partial charge in [0.2, 0.25) is 0 Å². The zero-order valence-electron chi connectivity index (χ0n) is 13.9. The van der Waals surface area contributed by atoms with Gasteiger partial charge in [0.1, 0.15) is 0 Å². The molecule has 1 heterocycles. The van der Waals surface area contributed by atoms with E-state index in [9.17, 15) is 19.2 Å². The minimum atomic E-state index is -1.57. The second kappa shape index (κ2) is 8.85. The van der Waals surface area contributed by atoms with Crippen molar-refractivity contribution in [1.29, 1.82) is 0 Å². The van der Waals surface area contributed by atoms with E-state index in [0.717, 1.165) is 27.9 Å². The van der Waals surface area contributed by atoms with Crippen molar-refractivity contribution in [3.8, 4) is 0 Å². The lowest BCUT2D eigenvalue weighted by atomic mass is 9.97. The SMILES string of the molecule is COC(=O)C1O[C@@H](N=[N+]=[N-])C(OC(C)=O)[C@H](OC(C)=O)[C@H]1OC(C)=O. The Kier molecular flexibility index (Phi) is 7.15. The predicted molar refractivity (Wildman–Crippen MR) is 76.5 cm³/mol. The Hall–Kier alpha value is -2.85. The lowest BCUT2D eigenvalue weighted by Gasteiger charge is -2.42. The van der Waals surface area contributed by atoms with Gasteiger partial charge < -0.3 is 23.7 Å². The summed E-state index contributed by atoms with van der Waals surface area (Å²) in [7, 11) is 1.05. The van der Waals surface area contributed by atoms with Crippen LogP contribution < -0.4 is 0 Å². The monoisotopic (exact) mass is 359 g/mol. The van der Waals surface area contributed by atoms with Crippen molar-refractivity contribution < 1.29 is 42.9 Å². The predicted octanol–water partition coefficient (Wildman–Crippen LogP) is -0.0103. The van der Waals surface area contributed by atoms with Gasteiger partial charge in [0.15, 0.2) is 30.6 Å². The summed E-state index contributed by atoms with van der Waals surface area (Å²) in [4.78, 5) is 48.6. The van der Waals surface area contributed by atoms with Crippen LogP contribution in [0, 0.1) is 0 Å². The van der Waals surface area contributed by atoms with Crippen molar-refractivity contribution in [2.45, 2.75) is 51.4 Å². The number of rotatable bonds is 5. The van der Waals surface area contributed by atoms with Crippen molar-refractivity contribution in [3.05, 3.63) is 10.4 Å². The second-order valence-corrected chi connectivity index (χ2v) is 4.90. The molecule has 0 radical (unpaired) electrons. The molecule has 0 aromatic carbocycles. The summed E-state index contributed by atoms with van der Waals surface area (Å²) < 4.78 is 24.9. The fraction of sp³-hybridized carbons (Fsp3) is 0.692. The normalized spacial score (nSPS) is 28.1. The molecule has 0 aromatic heterocycles. The van der Waals surface area contributed by atoms with E-state index < -0.39 is 54.5 Å². The van der Waals surface area contributed by atoms with Gasteiger partial charge in [-0.1, -0.05) is 5.11 Å². The first-order valence-corrected chi connectivity index (χ1v) is 7.00. The Morgan fingerprint density at radius 3 is 1.84 bits per heavy atom. The molecule has 1 fully saturated rings. The van der Waals surface area contributed by atoms with Crippen molar-refractivity contribution in [2.75, 3.05) is 7.11 Å². The lowest BCUT2D eigenvalue weighted by Crippen LogP contribution is -2.62. The number of nitrogens with zero attached hydrogens (tertiary/aromatic N) is 3. The number of esters is 4. The van der Waals surface area contributed by atoms with Crippen molar-refractivity contribution in [2.24, 2.45) is 5.11 Å². The fourth-order valence-electron chi connectivity index (χ4n) is 2.24. The molecule has 138 valence electrons. The maximum absolute atomic E-state index is 11.9. The molecular weight excluding hydrogens is 342 g/mol. The van der Waals surface area contributed by atoms with Crippen LogP contribution >= 0.6 is 0 Å². The van der Waals surface area contributed by atoms with Crippen LogP contribution in [0.1, 0.15) is 20.8 Å². The molecule has 25 heavy (non-hydrogen) atoms. The van der Waals surface area contributed by atoms with Gasteiger partial charge in [-0.05, 0) is 5.53 Å². The summed E-state index contributed by atoms with van der Waals surface area (Å²) in [6, 6.07) is 0. The lowest BCUT2D eigenvalue weighted by molar-refractivity contribution is -0.247. The molecule has 1 rings (SSSR count). The molecule has 0 amide bonds. The topological polar surface area (TPSA) is 163 Å². The third-order valence-corrected chi connectivity index (χ3v) is 3.02. The number of azide groups is 1. The van der Waals surface area contributed by atoms with E-state index in [-0.39, 0.29) is 0 Å². The van der Waals surface area contributed by atoms with E-state index in [2.05, 4.69) is 14.8 Å². The van der Waals surface area contributed by atoms with Gasteiger partial charge in [0.25, 0.3) is 0 Å². The molecule has 1 aliphatic heterocycles. The van der Waals surface area contributed by atoms with Crippen LogP contribution in [-0.2, 0) is 42.9 Å².